The first-order valence-electron chi connectivity index (χ1n) is 6.56. The van der Waals surface area contributed by atoms with Crippen molar-refractivity contribution in [3.8, 4) is 0 Å². The van der Waals surface area contributed by atoms with Crippen molar-refractivity contribution in [2.24, 2.45) is 11.8 Å². The SMILES string of the molecule is Cc1ccc(S)cc1C(=O)N1CC(C)CC(C)C1. The predicted molar refractivity (Wildman–Crippen MR) is 77.3 cm³/mol. The summed E-state index contributed by atoms with van der Waals surface area (Å²) in [6.07, 6.45) is 1.22. The first kappa shape index (κ1) is 13.5. The van der Waals surface area contributed by atoms with Gasteiger partial charge in [0, 0.05) is 23.5 Å². The fraction of sp³-hybridized carbons (Fsp3) is 0.533. The molecule has 18 heavy (non-hydrogen) atoms. The number of thiol groups is 1. The number of hydrogen-bond donors (Lipinski definition) is 1. The number of rotatable bonds is 1. The van der Waals surface area contributed by atoms with E-state index in [1.54, 1.807) is 0 Å². The Morgan fingerprint density at radius 2 is 1.89 bits per heavy atom. The molecule has 2 unspecified atom stereocenters. The van der Waals surface area contributed by atoms with E-state index in [2.05, 4.69) is 26.5 Å². The molecule has 0 N–H and O–H groups in total. The Morgan fingerprint density at radius 3 is 2.50 bits per heavy atom. The third-order valence-corrected chi connectivity index (χ3v) is 3.89. The highest BCUT2D eigenvalue weighted by atomic mass is 32.1. The highest BCUT2D eigenvalue weighted by Gasteiger charge is 2.26. The van der Waals surface area contributed by atoms with Gasteiger partial charge in [0.1, 0.15) is 0 Å². The van der Waals surface area contributed by atoms with Crippen molar-refractivity contribution in [1.29, 1.82) is 0 Å². The Kier molecular flexibility index (Phi) is 4.00. The third-order valence-electron chi connectivity index (χ3n) is 3.61. The van der Waals surface area contributed by atoms with Gasteiger partial charge in [0.05, 0.1) is 0 Å². The van der Waals surface area contributed by atoms with Crippen LogP contribution in [0, 0.1) is 18.8 Å². The van der Waals surface area contributed by atoms with Gasteiger partial charge in [-0.15, -0.1) is 12.6 Å². The van der Waals surface area contributed by atoms with Crippen molar-refractivity contribution in [2.75, 3.05) is 13.1 Å². The predicted octanol–water partition coefficient (Wildman–Crippen LogP) is 3.40. The van der Waals surface area contributed by atoms with Crippen molar-refractivity contribution in [1.82, 2.24) is 4.90 Å². The number of nitrogens with zero attached hydrogens (tertiary/aromatic N) is 1. The molecule has 1 fully saturated rings. The van der Waals surface area contributed by atoms with Crippen LogP contribution in [0.2, 0.25) is 0 Å². The molecule has 1 saturated heterocycles. The number of aryl methyl sites for hydroxylation is 1. The van der Waals surface area contributed by atoms with Crippen LogP contribution in [0.15, 0.2) is 23.1 Å². The molecule has 0 spiro atoms. The van der Waals surface area contributed by atoms with E-state index in [4.69, 9.17) is 0 Å². The second-order valence-electron chi connectivity index (χ2n) is 5.66. The molecule has 2 atom stereocenters. The van der Waals surface area contributed by atoms with Crippen LogP contribution in [0.25, 0.3) is 0 Å². The summed E-state index contributed by atoms with van der Waals surface area (Å²) < 4.78 is 0. The van der Waals surface area contributed by atoms with Crippen LogP contribution in [-0.4, -0.2) is 23.9 Å². The molecule has 98 valence electrons. The monoisotopic (exact) mass is 263 g/mol. The van der Waals surface area contributed by atoms with Crippen molar-refractivity contribution in [3.05, 3.63) is 29.3 Å². The van der Waals surface area contributed by atoms with Crippen LogP contribution in [0.1, 0.15) is 36.2 Å². The van der Waals surface area contributed by atoms with Gasteiger partial charge >= 0.3 is 0 Å². The zero-order valence-corrected chi connectivity index (χ0v) is 12.2. The summed E-state index contributed by atoms with van der Waals surface area (Å²) in [5, 5.41) is 0. The standard InChI is InChI=1S/C15H21NOS/c1-10-6-11(2)9-16(8-10)15(17)14-7-13(18)5-4-12(14)3/h4-5,7,10-11,18H,6,8-9H2,1-3H3. The van der Waals surface area contributed by atoms with E-state index in [1.165, 1.54) is 6.42 Å². The van der Waals surface area contributed by atoms with Gasteiger partial charge < -0.3 is 4.90 Å². The minimum absolute atomic E-state index is 0.154. The zero-order chi connectivity index (χ0) is 13.3. The van der Waals surface area contributed by atoms with Crippen molar-refractivity contribution < 1.29 is 4.79 Å². The van der Waals surface area contributed by atoms with Crippen LogP contribution in [0.4, 0.5) is 0 Å². The molecular formula is C15H21NOS. The summed E-state index contributed by atoms with van der Waals surface area (Å²) in [6, 6.07) is 5.77. The minimum atomic E-state index is 0.154. The van der Waals surface area contributed by atoms with Crippen LogP contribution < -0.4 is 0 Å². The minimum Gasteiger partial charge on any atom is -0.338 e. The lowest BCUT2D eigenvalue weighted by Gasteiger charge is -2.35. The molecule has 1 aliphatic rings. The van der Waals surface area contributed by atoms with Gasteiger partial charge in [-0.1, -0.05) is 19.9 Å². The molecule has 0 aliphatic carbocycles. The molecule has 0 bridgehead atoms. The number of carbonyl (C=O) groups is 1. The molecular weight excluding hydrogens is 242 g/mol. The number of likely N-dealkylation sites (tertiary alicyclic amines) is 1. The topological polar surface area (TPSA) is 20.3 Å². The quantitative estimate of drug-likeness (QED) is 0.770. The number of carbonyl (C=O) groups excluding carboxylic acids is 1. The summed E-state index contributed by atoms with van der Waals surface area (Å²) >= 11 is 4.32. The fourth-order valence-corrected chi connectivity index (χ4v) is 3.04. The molecule has 2 rings (SSSR count). The van der Waals surface area contributed by atoms with Crippen LogP contribution in [-0.2, 0) is 0 Å². The van der Waals surface area contributed by atoms with Crippen molar-refractivity contribution in [2.45, 2.75) is 32.1 Å². The Balaban J connectivity index is 2.22. The first-order chi connectivity index (χ1) is 8.47. The number of hydrogen-bond acceptors (Lipinski definition) is 2. The Morgan fingerprint density at radius 1 is 1.28 bits per heavy atom. The summed E-state index contributed by atoms with van der Waals surface area (Å²) in [5.41, 5.74) is 1.83. The van der Waals surface area contributed by atoms with E-state index < -0.39 is 0 Å². The lowest BCUT2D eigenvalue weighted by molar-refractivity contribution is 0.0622. The Labute approximate surface area is 115 Å². The molecule has 1 heterocycles. The second kappa shape index (κ2) is 5.35. The molecule has 1 aromatic rings. The number of piperidine rings is 1. The van der Waals surface area contributed by atoms with E-state index >= 15 is 0 Å². The Hall–Kier alpha value is -0.960. The normalized spacial score (nSPS) is 24.1. The Bertz CT molecular complexity index is 448. The number of benzene rings is 1. The van der Waals surface area contributed by atoms with Gasteiger partial charge in [0.25, 0.3) is 5.91 Å². The molecule has 0 radical (unpaired) electrons. The van der Waals surface area contributed by atoms with Gasteiger partial charge in [-0.2, -0.15) is 0 Å². The summed E-state index contributed by atoms with van der Waals surface area (Å²) in [6.45, 7) is 8.17. The molecule has 0 saturated carbocycles. The fourth-order valence-electron chi connectivity index (χ4n) is 2.84. The summed E-state index contributed by atoms with van der Waals surface area (Å²) in [4.78, 5) is 15.4. The van der Waals surface area contributed by atoms with Gasteiger partial charge in [0.15, 0.2) is 0 Å². The third kappa shape index (κ3) is 2.89. The highest BCUT2D eigenvalue weighted by molar-refractivity contribution is 7.80. The first-order valence-corrected chi connectivity index (χ1v) is 7.01. The lowest BCUT2D eigenvalue weighted by atomic mass is 9.91. The maximum absolute atomic E-state index is 12.6. The average molecular weight is 263 g/mol. The smallest absolute Gasteiger partial charge is 0.254 e. The van der Waals surface area contributed by atoms with Crippen molar-refractivity contribution >= 4 is 18.5 Å². The largest absolute Gasteiger partial charge is 0.338 e. The van der Waals surface area contributed by atoms with E-state index in [0.29, 0.717) is 11.8 Å². The van der Waals surface area contributed by atoms with Crippen LogP contribution in [0.5, 0.6) is 0 Å². The summed E-state index contributed by atoms with van der Waals surface area (Å²) in [7, 11) is 0. The maximum atomic E-state index is 12.6. The van der Waals surface area contributed by atoms with E-state index in [9.17, 15) is 4.79 Å². The average Bonchev–Trinajstić information content (AvgIpc) is 2.30. The molecule has 3 heteroatoms. The van der Waals surface area contributed by atoms with Gasteiger partial charge in [-0.25, -0.2) is 0 Å². The molecule has 0 aromatic heterocycles. The van der Waals surface area contributed by atoms with E-state index in [0.717, 1.165) is 29.1 Å². The van der Waals surface area contributed by atoms with Gasteiger partial charge in [0.2, 0.25) is 0 Å². The highest BCUT2D eigenvalue weighted by Crippen LogP contribution is 2.24. The molecule has 2 nitrogen and oxygen atoms in total. The molecule has 1 aromatic carbocycles. The molecule has 1 aliphatic heterocycles. The van der Waals surface area contributed by atoms with E-state index in [-0.39, 0.29) is 5.91 Å². The van der Waals surface area contributed by atoms with E-state index in [1.807, 2.05) is 30.0 Å². The summed E-state index contributed by atoms with van der Waals surface area (Å²) in [5.74, 6) is 1.34. The van der Waals surface area contributed by atoms with Gasteiger partial charge in [-0.05, 0) is 42.9 Å². The number of amides is 1. The lowest BCUT2D eigenvalue weighted by Crippen LogP contribution is -2.42. The zero-order valence-electron chi connectivity index (χ0n) is 11.3. The van der Waals surface area contributed by atoms with Crippen LogP contribution >= 0.6 is 12.6 Å². The second-order valence-corrected chi connectivity index (χ2v) is 6.17. The van der Waals surface area contributed by atoms with Gasteiger partial charge in [-0.3, -0.25) is 4.79 Å². The van der Waals surface area contributed by atoms with Crippen molar-refractivity contribution in [3.63, 3.8) is 0 Å². The van der Waals surface area contributed by atoms with Crippen LogP contribution in [0.3, 0.4) is 0 Å². The molecule has 1 amide bonds. The maximum Gasteiger partial charge on any atom is 0.254 e.